The molecule has 1 heterocycles. The molecule has 3 heteroatoms. The van der Waals surface area contributed by atoms with Crippen LogP contribution in [0, 0.1) is 0 Å². The van der Waals surface area contributed by atoms with Gasteiger partial charge >= 0.3 is 0 Å². The fraction of sp³-hybridized carbons (Fsp3) is 0.500. The summed E-state index contributed by atoms with van der Waals surface area (Å²) < 4.78 is 1.14. The van der Waals surface area contributed by atoms with E-state index in [4.69, 9.17) is 5.73 Å². The quantitative estimate of drug-likeness (QED) is 0.846. The van der Waals surface area contributed by atoms with Crippen LogP contribution in [0.2, 0.25) is 0 Å². The van der Waals surface area contributed by atoms with Crippen LogP contribution in [0.15, 0.2) is 28.7 Å². The zero-order valence-corrected chi connectivity index (χ0v) is 10.6. The van der Waals surface area contributed by atoms with Gasteiger partial charge in [0.2, 0.25) is 0 Å². The second-order valence-electron chi connectivity index (χ2n) is 4.38. The number of piperidine rings is 1. The summed E-state index contributed by atoms with van der Waals surface area (Å²) in [7, 11) is 2.14. The summed E-state index contributed by atoms with van der Waals surface area (Å²) in [6, 6.07) is 8.78. The number of likely N-dealkylation sites (N-methyl/N-ethyl adjacent to an activating group) is 1. The smallest absolute Gasteiger partial charge is 0.0237 e. The van der Waals surface area contributed by atoms with Crippen molar-refractivity contribution in [1.29, 1.82) is 0 Å². The van der Waals surface area contributed by atoms with Crippen LogP contribution in [0.4, 0.5) is 0 Å². The van der Waals surface area contributed by atoms with E-state index >= 15 is 0 Å². The number of rotatable bonds is 1. The van der Waals surface area contributed by atoms with Crippen molar-refractivity contribution in [2.75, 3.05) is 20.1 Å². The summed E-state index contributed by atoms with van der Waals surface area (Å²) >= 11 is 3.51. The van der Waals surface area contributed by atoms with Crippen molar-refractivity contribution in [3.05, 3.63) is 34.3 Å². The van der Waals surface area contributed by atoms with Crippen molar-refractivity contribution in [3.8, 4) is 0 Å². The van der Waals surface area contributed by atoms with Crippen LogP contribution in [-0.4, -0.2) is 31.1 Å². The van der Waals surface area contributed by atoms with E-state index in [9.17, 15) is 0 Å². The minimum absolute atomic E-state index is 0.262. The highest BCUT2D eigenvalue weighted by Crippen LogP contribution is 2.28. The van der Waals surface area contributed by atoms with E-state index in [-0.39, 0.29) is 6.04 Å². The number of likely N-dealkylation sites (tertiary alicyclic amines) is 1. The third kappa shape index (κ3) is 2.60. The predicted molar refractivity (Wildman–Crippen MR) is 67.0 cm³/mol. The Morgan fingerprint density at radius 2 is 2.27 bits per heavy atom. The molecule has 2 rings (SSSR count). The maximum absolute atomic E-state index is 6.19. The molecule has 15 heavy (non-hydrogen) atoms. The van der Waals surface area contributed by atoms with Crippen molar-refractivity contribution < 1.29 is 0 Å². The molecular weight excluding hydrogens is 252 g/mol. The van der Waals surface area contributed by atoms with E-state index in [1.807, 2.05) is 0 Å². The number of nitrogens with zero attached hydrogens (tertiary/aromatic N) is 1. The Morgan fingerprint density at radius 1 is 1.47 bits per heavy atom. The molecule has 2 nitrogen and oxygen atoms in total. The minimum atomic E-state index is 0.262. The molecule has 1 aliphatic rings. The van der Waals surface area contributed by atoms with Crippen LogP contribution in [-0.2, 0) is 0 Å². The maximum Gasteiger partial charge on any atom is 0.0237 e. The average Bonchev–Trinajstić information content (AvgIpc) is 2.17. The third-order valence-corrected chi connectivity index (χ3v) is 3.63. The van der Waals surface area contributed by atoms with Crippen molar-refractivity contribution in [1.82, 2.24) is 4.90 Å². The molecule has 0 spiro atoms. The van der Waals surface area contributed by atoms with Gasteiger partial charge < -0.3 is 10.6 Å². The summed E-state index contributed by atoms with van der Waals surface area (Å²) in [6.07, 6.45) is 1.16. The molecule has 0 bridgehead atoms. The average molecular weight is 269 g/mol. The molecule has 0 saturated carbocycles. The molecule has 0 aliphatic carbocycles. The Bertz CT molecular complexity index is 340. The van der Waals surface area contributed by atoms with E-state index in [1.165, 1.54) is 5.56 Å². The Hall–Kier alpha value is -0.380. The second-order valence-corrected chi connectivity index (χ2v) is 5.29. The van der Waals surface area contributed by atoms with E-state index in [0.29, 0.717) is 5.92 Å². The van der Waals surface area contributed by atoms with Gasteiger partial charge in [-0.25, -0.2) is 0 Å². The summed E-state index contributed by atoms with van der Waals surface area (Å²) in [5.74, 6) is 0.513. The van der Waals surface area contributed by atoms with Gasteiger partial charge in [0.1, 0.15) is 0 Å². The van der Waals surface area contributed by atoms with Gasteiger partial charge in [0.05, 0.1) is 0 Å². The fourth-order valence-corrected chi connectivity index (χ4v) is 2.72. The van der Waals surface area contributed by atoms with Crippen LogP contribution in [0.25, 0.3) is 0 Å². The summed E-state index contributed by atoms with van der Waals surface area (Å²) in [6.45, 7) is 2.14. The highest BCUT2D eigenvalue weighted by Gasteiger charge is 2.25. The van der Waals surface area contributed by atoms with E-state index < -0.39 is 0 Å². The summed E-state index contributed by atoms with van der Waals surface area (Å²) in [5, 5.41) is 0. The molecule has 1 aliphatic heterocycles. The molecule has 1 aromatic carbocycles. The van der Waals surface area contributed by atoms with Crippen molar-refractivity contribution in [2.24, 2.45) is 5.73 Å². The monoisotopic (exact) mass is 268 g/mol. The van der Waals surface area contributed by atoms with Crippen molar-refractivity contribution in [2.45, 2.75) is 18.4 Å². The predicted octanol–water partition coefficient (Wildman–Crippen LogP) is 2.20. The Balaban J connectivity index is 2.17. The van der Waals surface area contributed by atoms with E-state index in [0.717, 1.165) is 24.0 Å². The van der Waals surface area contributed by atoms with Gasteiger partial charge in [-0.05, 0) is 37.7 Å². The number of hydrogen-bond donors (Lipinski definition) is 1. The van der Waals surface area contributed by atoms with Crippen LogP contribution in [0.3, 0.4) is 0 Å². The zero-order valence-electron chi connectivity index (χ0n) is 8.99. The number of nitrogens with two attached hydrogens (primary N) is 1. The third-order valence-electron chi connectivity index (χ3n) is 3.14. The molecule has 2 N–H and O–H groups in total. The Kier molecular flexibility index (Phi) is 3.44. The zero-order chi connectivity index (χ0) is 10.8. The lowest BCUT2D eigenvalue weighted by molar-refractivity contribution is 0.228. The van der Waals surface area contributed by atoms with E-state index in [2.05, 4.69) is 52.1 Å². The standard InChI is InChI=1S/C12H17BrN2/c1-15-6-5-11(12(14)8-15)9-3-2-4-10(13)7-9/h2-4,7,11-12H,5-6,8,14H2,1H3. The number of hydrogen-bond acceptors (Lipinski definition) is 2. The molecule has 1 fully saturated rings. The molecule has 1 aromatic rings. The van der Waals surface area contributed by atoms with Crippen molar-refractivity contribution >= 4 is 15.9 Å². The first-order chi connectivity index (χ1) is 7.16. The minimum Gasteiger partial charge on any atom is -0.326 e. The Morgan fingerprint density at radius 3 is 2.93 bits per heavy atom. The van der Waals surface area contributed by atoms with Gasteiger partial charge in [0.25, 0.3) is 0 Å². The molecule has 0 radical (unpaired) electrons. The first-order valence-corrected chi connectivity index (χ1v) is 6.15. The highest BCUT2D eigenvalue weighted by atomic mass is 79.9. The van der Waals surface area contributed by atoms with Crippen LogP contribution in [0.5, 0.6) is 0 Å². The lowest BCUT2D eigenvalue weighted by Gasteiger charge is -2.34. The van der Waals surface area contributed by atoms with Gasteiger partial charge in [-0.3, -0.25) is 0 Å². The van der Waals surface area contributed by atoms with Crippen molar-refractivity contribution in [3.63, 3.8) is 0 Å². The molecule has 2 atom stereocenters. The molecule has 82 valence electrons. The maximum atomic E-state index is 6.19. The fourth-order valence-electron chi connectivity index (χ4n) is 2.30. The number of benzene rings is 1. The largest absolute Gasteiger partial charge is 0.326 e. The van der Waals surface area contributed by atoms with Gasteiger partial charge in [0, 0.05) is 23.0 Å². The van der Waals surface area contributed by atoms with E-state index in [1.54, 1.807) is 0 Å². The molecule has 2 unspecified atom stereocenters. The van der Waals surface area contributed by atoms with Crippen LogP contribution in [0.1, 0.15) is 17.9 Å². The molecular formula is C12H17BrN2. The lowest BCUT2D eigenvalue weighted by atomic mass is 9.86. The normalized spacial score (nSPS) is 27.9. The second kappa shape index (κ2) is 4.64. The summed E-state index contributed by atoms with van der Waals surface area (Å²) in [4.78, 5) is 2.30. The topological polar surface area (TPSA) is 29.3 Å². The molecule has 0 amide bonds. The molecule has 0 aromatic heterocycles. The van der Waals surface area contributed by atoms with Crippen LogP contribution >= 0.6 is 15.9 Å². The van der Waals surface area contributed by atoms with Gasteiger partial charge in [0.15, 0.2) is 0 Å². The highest BCUT2D eigenvalue weighted by molar-refractivity contribution is 9.10. The molecule has 1 saturated heterocycles. The first-order valence-electron chi connectivity index (χ1n) is 5.36. The van der Waals surface area contributed by atoms with Crippen LogP contribution < -0.4 is 5.73 Å². The lowest BCUT2D eigenvalue weighted by Crippen LogP contribution is -2.45. The SMILES string of the molecule is CN1CCC(c2cccc(Br)c2)C(N)C1. The first kappa shape index (κ1) is 11.1. The van der Waals surface area contributed by atoms with Gasteiger partial charge in [-0.1, -0.05) is 28.1 Å². The summed E-state index contributed by atoms with van der Waals surface area (Å²) in [5.41, 5.74) is 7.56. The number of halogens is 1. The Labute approximate surface area is 99.6 Å². The van der Waals surface area contributed by atoms with Gasteiger partial charge in [-0.2, -0.15) is 0 Å². The van der Waals surface area contributed by atoms with Gasteiger partial charge in [-0.15, -0.1) is 0 Å².